The van der Waals surface area contributed by atoms with Crippen LogP contribution >= 0.6 is 24.8 Å². The summed E-state index contributed by atoms with van der Waals surface area (Å²) in [4.78, 5) is 18.6. The third-order valence-corrected chi connectivity index (χ3v) is 3.80. The molecule has 0 aliphatic carbocycles. The first-order chi connectivity index (χ1) is 10.6. The molecule has 1 aliphatic heterocycles. The van der Waals surface area contributed by atoms with Crippen molar-refractivity contribution < 1.29 is 9.53 Å². The minimum absolute atomic E-state index is 0. The third kappa shape index (κ3) is 6.81. The number of hydrogen-bond acceptors (Lipinski definition) is 5. The van der Waals surface area contributed by atoms with Gasteiger partial charge in [-0.3, -0.25) is 4.79 Å². The molecule has 138 valence electrons. The monoisotopic (exact) mass is 378 g/mol. The maximum Gasteiger partial charge on any atom is 0.224 e. The first kappa shape index (κ1) is 22.9. The highest BCUT2D eigenvalue weighted by atomic mass is 35.5. The SMILES string of the molecule is CNCC(C)C(=O)NCc1ccc(N2CCOC(C)C2)nc1.Cl.Cl. The van der Waals surface area contributed by atoms with Gasteiger partial charge in [-0.1, -0.05) is 13.0 Å². The second kappa shape index (κ2) is 11.5. The summed E-state index contributed by atoms with van der Waals surface area (Å²) < 4.78 is 5.54. The van der Waals surface area contributed by atoms with Crippen LogP contribution in [0.1, 0.15) is 19.4 Å². The van der Waals surface area contributed by atoms with E-state index in [-0.39, 0.29) is 42.7 Å². The number of pyridine rings is 1. The number of aromatic nitrogens is 1. The van der Waals surface area contributed by atoms with Gasteiger partial charge in [0.15, 0.2) is 0 Å². The molecule has 1 saturated heterocycles. The van der Waals surface area contributed by atoms with Gasteiger partial charge in [-0.2, -0.15) is 0 Å². The van der Waals surface area contributed by atoms with Crippen molar-refractivity contribution in [2.45, 2.75) is 26.5 Å². The number of amides is 1. The van der Waals surface area contributed by atoms with Crippen molar-refractivity contribution >= 4 is 36.5 Å². The van der Waals surface area contributed by atoms with E-state index in [2.05, 4.69) is 27.4 Å². The zero-order valence-corrected chi connectivity index (χ0v) is 16.1. The highest BCUT2D eigenvalue weighted by molar-refractivity contribution is 5.85. The molecule has 0 bridgehead atoms. The van der Waals surface area contributed by atoms with E-state index in [1.54, 1.807) is 0 Å². The fraction of sp³-hybridized carbons (Fsp3) is 0.625. The smallest absolute Gasteiger partial charge is 0.224 e. The van der Waals surface area contributed by atoms with Gasteiger partial charge in [0.1, 0.15) is 5.82 Å². The van der Waals surface area contributed by atoms with Gasteiger partial charge in [0.25, 0.3) is 0 Å². The largest absolute Gasteiger partial charge is 0.375 e. The lowest BCUT2D eigenvalue weighted by Gasteiger charge is -2.32. The first-order valence-corrected chi connectivity index (χ1v) is 7.84. The summed E-state index contributed by atoms with van der Waals surface area (Å²) in [6.45, 7) is 7.65. The summed E-state index contributed by atoms with van der Waals surface area (Å²) >= 11 is 0. The van der Waals surface area contributed by atoms with Crippen LogP contribution in [0.2, 0.25) is 0 Å². The molecule has 6 nitrogen and oxygen atoms in total. The Morgan fingerprint density at radius 2 is 2.21 bits per heavy atom. The van der Waals surface area contributed by atoms with Crippen molar-refractivity contribution in [2.75, 3.05) is 38.2 Å². The number of ether oxygens (including phenoxy) is 1. The molecular formula is C16H28Cl2N4O2. The maximum atomic E-state index is 11.9. The Labute approximate surface area is 156 Å². The van der Waals surface area contributed by atoms with E-state index >= 15 is 0 Å². The van der Waals surface area contributed by atoms with Gasteiger partial charge in [0.2, 0.25) is 5.91 Å². The average molecular weight is 379 g/mol. The summed E-state index contributed by atoms with van der Waals surface area (Å²) in [6.07, 6.45) is 2.07. The van der Waals surface area contributed by atoms with Crippen LogP contribution in [0.25, 0.3) is 0 Å². The van der Waals surface area contributed by atoms with Gasteiger partial charge in [-0.25, -0.2) is 4.98 Å². The first-order valence-electron chi connectivity index (χ1n) is 7.84. The predicted molar refractivity (Wildman–Crippen MR) is 101 cm³/mol. The number of carbonyl (C=O) groups is 1. The zero-order chi connectivity index (χ0) is 15.9. The Kier molecular flexibility index (Phi) is 11.0. The number of rotatable bonds is 6. The molecule has 1 fully saturated rings. The van der Waals surface area contributed by atoms with E-state index in [0.29, 0.717) is 13.1 Å². The molecular weight excluding hydrogens is 351 g/mol. The molecule has 2 N–H and O–H groups in total. The molecule has 0 radical (unpaired) electrons. The average Bonchev–Trinajstić information content (AvgIpc) is 2.53. The number of halogens is 2. The Hall–Kier alpha value is -1.08. The molecule has 2 atom stereocenters. The fourth-order valence-electron chi connectivity index (χ4n) is 2.50. The van der Waals surface area contributed by atoms with Gasteiger partial charge in [0, 0.05) is 38.3 Å². The van der Waals surface area contributed by atoms with Crippen molar-refractivity contribution in [3.63, 3.8) is 0 Å². The number of nitrogens with zero attached hydrogens (tertiary/aromatic N) is 2. The van der Waals surface area contributed by atoms with Crippen LogP contribution in [0.4, 0.5) is 5.82 Å². The maximum absolute atomic E-state index is 11.9. The molecule has 24 heavy (non-hydrogen) atoms. The van der Waals surface area contributed by atoms with Crippen LogP contribution in [-0.4, -0.2) is 50.3 Å². The summed E-state index contributed by atoms with van der Waals surface area (Å²) in [5, 5.41) is 5.94. The van der Waals surface area contributed by atoms with Crippen molar-refractivity contribution in [1.29, 1.82) is 0 Å². The van der Waals surface area contributed by atoms with Crippen molar-refractivity contribution in [1.82, 2.24) is 15.6 Å². The van der Waals surface area contributed by atoms with Gasteiger partial charge in [-0.05, 0) is 25.6 Å². The molecule has 1 aromatic rings. The predicted octanol–water partition coefficient (Wildman–Crippen LogP) is 1.62. The number of morpholine rings is 1. The molecule has 2 heterocycles. The molecule has 0 saturated carbocycles. The Morgan fingerprint density at radius 1 is 1.46 bits per heavy atom. The molecule has 1 aliphatic rings. The number of hydrogen-bond donors (Lipinski definition) is 2. The topological polar surface area (TPSA) is 66.5 Å². The van der Waals surface area contributed by atoms with Crippen molar-refractivity contribution in [3.8, 4) is 0 Å². The summed E-state index contributed by atoms with van der Waals surface area (Å²) in [6, 6.07) is 4.03. The second-order valence-electron chi connectivity index (χ2n) is 5.83. The third-order valence-electron chi connectivity index (χ3n) is 3.80. The Morgan fingerprint density at radius 3 is 2.79 bits per heavy atom. The molecule has 8 heteroatoms. The lowest BCUT2D eigenvalue weighted by Crippen LogP contribution is -2.41. The molecule has 0 aromatic carbocycles. The van der Waals surface area contributed by atoms with E-state index in [0.717, 1.165) is 31.1 Å². The van der Waals surface area contributed by atoms with E-state index in [4.69, 9.17) is 4.74 Å². The van der Waals surface area contributed by atoms with E-state index in [1.165, 1.54) is 0 Å². The van der Waals surface area contributed by atoms with Gasteiger partial charge in [-0.15, -0.1) is 24.8 Å². The van der Waals surface area contributed by atoms with E-state index in [1.807, 2.05) is 32.3 Å². The van der Waals surface area contributed by atoms with Gasteiger partial charge >= 0.3 is 0 Å². The molecule has 0 spiro atoms. The van der Waals surface area contributed by atoms with Gasteiger partial charge < -0.3 is 20.3 Å². The summed E-state index contributed by atoms with van der Waals surface area (Å²) in [7, 11) is 1.85. The number of carbonyl (C=O) groups excluding carboxylic acids is 1. The van der Waals surface area contributed by atoms with Crippen LogP contribution in [0.15, 0.2) is 18.3 Å². The zero-order valence-electron chi connectivity index (χ0n) is 14.4. The van der Waals surface area contributed by atoms with Crippen LogP contribution in [-0.2, 0) is 16.1 Å². The van der Waals surface area contributed by atoms with Crippen LogP contribution in [0.3, 0.4) is 0 Å². The number of nitrogens with one attached hydrogen (secondary N) is 2. The quantitative estimate of drug-likeness (QED) is 0.787. The minimum atomic E-state index is -0.0351. The number of anilines is 1. The summed E-state index contributed by atoms with van der Waals surface area (Å²) in [5.74, 6) is 0.987. The Bertz CT molecular complexity index is 487. The summed E-state index contributed by atoms with van der Waals surface area (Å²) in [5.41, 5.74) is 1.01. The molecule has 2 unspecified atom stereocenters. The van der Waals surface area contributed by atoms with E-state index in [9.17, 15) is 4.79 Å². The standard InChI is InChI=1S/C16H26N4O2.2ClH/c1-12(8-17-3)16(21)19-10-14-4-5-15(18-9-14)20-6-7-22-13(2)11-20;;/h4-5,9,12-13,17H,6-8,10-11H2,1-3H3,(H,19,21);2*1H. The van der Waals surface area contributed by atoms with Crippen LogP contribution in [0.5, 0.6) is 0 Å². The normalized spacial score (nSPS) is 18.1. The highest BCUT2D eigenvalue weighted by Crippen LogP contribution is 2.15. The second-order valence-corrected chi connectivity index (χ2v) is 5.83. The molecule has 1 aromatic heterocycles. The van der Waals surface area contributed by atoms with Crippen LogP contribution in [0, 0.1) is 5.92 Å². The molecule has 2 rings (SSSR count). The molecule has 1 amide bonds. The van der Waals surface area contributed by atoms with Crippen molar-refractivity contribution in [2.24, 2.45) is 5.92 Å². The fourth-order valence-corrected chi connectivity index (χ4v) is 2.50. The lowest BCUT2D eigenvalue weighted by atomic mass is 10.1. The van der Waals surface area contributed by atoms with Gasteiger partial charge in [0.05, 0.1) is 12.7 Å². The highest BCUT2D eigenvalue weighted by Gasteiger charge is 2.17. The van der Waals surface area contributed by atoms with E-state index < -0.39 is 0 Å². The Balaban J connectivity index is 0.00000264. The van der Waals surface area contributed by atoms with Crippen LogP contribution < -0.4 is 15.5 Å². The lowest BCUT2D eigenvalue weighted by molar-refractivity contribution is -0.124. The van der Waals surface area contributed by atoms with Crippen molar-refractivity contribution in [3.05, 3.63) is 23.9 Å². The minimum Gasteiger partial charge on any atom is -0.375 e.